The number of carbonyl (C=O) groups is 2. The van der Waals surface area contributed by atoms with Gasteiger partial charge in [0.2, 0.25) is 6.41 Å². The molecular weight excluding hydrogens is 196 g/mol. The predicted molar refractivity (Wildman–Crippen MR) is 55.5 cm³/mol. The Balaban J connectivity index is 2.42. The number of aliphatic carboxylic acids is 1. The minimum atomic E-state index is -0.777. The van der Waals surface area contributed by atoms with Crippen molar-refractivity contribution in [1.82, 2.24) is 9.80 Å². The topological polar surface area (TPSA) is 60.9 Å². The standard InChI is InChI=1S/C10H18N2O3/c1-10(2,9(14)15)7-11-3-5-12(8-13)6-4-11/h8H,3-7H2,1-2H3,(H,14,15). The maximum atomic E-state index is 10.9. The van der Waals surface area contributed by atoms with Gasteiger partial charge in [0.15, 0.2) is 0 Å². The molecule has 0 aliphatic carbocycles. The van der Waals surface area contributed by atoms with Gasteiger partial charge in [-0.3, -0.25) is 14.5 Å². The Kier molecular flexibility index (Phi) is 3.68. The summed E-state index contributed by atoms with van der Waals surface area (Å²) in [6.45, 7) is 6.89. The Morgan fingerprint density at radius 3 is 2.27 bits per heavy atom. The molecule has 86 valence electrons. The van der Waals surface area contributed by atoms with Crippen molar-refractivity contribution in [2.24, 2.45) is 5.41 Å². The zero-order valence-electron chi connectivity index (χ0n) is 9.27. The molecule has 0 aromatic heterocycles. The molecule has 0 saturated carbocycles. The molecule has 0 bridgehead atoms. The van der Waals surface area contributed by atoms with Gasteiger partial charge in [0.05, 0.1) is 5.41 Å². The molecule has 0 aromatic rings. The normalized spacial score (nSPS) is 18.9. The van der Waals surface area contributed by atoms with Crippen LogP contribution in [-0.4, -0.2) is 60.0 Å². The van der Waals surface area contributed by atoms with E-state index in [0.29, 0.717) is 19.6 Å². The SMILES string of the molecule is CC(C)(CN1CCN(C=O)CC1)C(=O)O. The second kappa shape index (κ2) is 4.61. The van der Waals surface area contributed by atoms with E-state index in [4.69, 9.17) is 5.11 Å². The first-order chi connectivity index (χ1) is 6.95. The number of carboxylic acids is 1. The minimum absolute atomic E-state index is 0.537. The minimum Gasteiger partial charge on any atom is -0.481 e. The van der Waals surface area contributed by atoms with Gasteiger partial charge in [-0.05, 0) is 13.8 Å². The molecule has 0 aromatic carbocycles. The molecule has 0 spiro atoms. The van der Waals surface area contributed by atoms with Crippen LogP contribution in [-0.2, 0) is 9.59 Å². The summed E-state index contributed by atoms with van der Waals surface area (Å²) < 4.78 is 0. The molecule has 0 atom stereocenters. The van der Waals surface area contributed by atoms with Crippen molar-refractivity contribution in [2.45, 2.75) is 13.8 Å². The molecule has 1 rings (SSSR count). The van der Waals surface area contributed by atoms with Crippen LogP contribution in [0.25, 0.3) is 0 Å². The molecule has 1 saturated heterocycles. The summed E-state index contributed by atoms with van der Waals surface area (Å²) in [7, 11) is 0. The van der Waals surface area contributed by atoms with Crippen molar-refractivity contribution in [3.05, 3.63) is 0 Å². The molecule has 5 heteroatoms. The van der Waals surface area contributed by atoms with E-state index in [1.807, 2.05) is 0 Å². The number of carbonyl (C=O) groups excluding carboxylic acids is 1. The second-order valence-electron chi connectivity index (χ2n) is 4.61. The summed E-state index contributed by atoms with van der Waals surface area (Å²) in [6.07, 6.45) is 0.847. The zero-order valence-corrected chi connectivity index (χ0v) is 9.27. The average Bonchev–Trinajstić information content (AvgIpc) is 2.18. The van der Waals surface area contributed by atoms with Crippen LogP contribution >= 0.6 is 0 Å². The Morgan fingerprint density at radius 2 is 1.87 bits per heavy atom. The Bertz CT molecular complexity index is 245. The van der Waals surface area contributed by atoms with E-state index >= 15 is 0 Å². The smallest absolute Gasteiger partial charge is 0.310 e. The van der Waals surface area contributed by atoms with E-state index in [1.54, 1.807) is 18.7 Å². The number of nitrogens with zero attached hydrogens (tertiary/aromatic N) is 2. The predicted octanol–water partition coefficient (Wildman–Crippen LogP) is -0.129. The third kappa shape index (κ3) is 3.20. The highest BCUT2D eigenvalue weighted by Gasteiger charge is 2.30. The van der Waals surface area contributed by atoms with Crippen LogP contribution in [0.3, 0.4) is 0 Å². The van der Waals surface area contributed by atoms with Gasteiger partial charge in [-0.25, -0.2) is 0 Å². The third-order valence-corrected chi connectivity index (χ3v) is 2.75. The summed E-state index contributed by atoms with van der Waals surface area (Å²) in [5.74, 6) is -0.777. The number of hydrogen-bond donors (Lipinski definition) is 1. The Morgan fingerprint density at radius 1 is 1.33 bits per heavy atom. The van der Waals surface area contributed by atoms with Crippen LogP contribution < -0.4 is 0 Å². The molecule has 0 unspecified atom stereocenters. The summed E-state index contributed by atoms with van der Waals surface area (Å²) in [6, 6.07) is 0. The largest absolute Gasteiger partial charge is 0.481 e. The molecule has 1 heterocycles. The molecule has 1 amide bonds. The third-order valence-electron chi connectivity index (χ3n) is 2.75. The van der Waals surface area contributed by atoms with Gasteiger partial charge >= 0.3 is 5.97 Å². The molecule has 1 N–H and O–H groups in total. The van der Waals surface area contributed by atoms with E-state index < -0.39 is 11.4 Å². The first kappa shape index (κ1) is 12.0. The quantitative estimate of drug-likeness (QED) is 0.662. The van der Waals surface area contributed by atoms with Gasteiger partial charge in [0.25, 0.3) is 0 Å². The van der Waals surface area contributed by atoms with Crippen LogP contribution in [0.4, 0.5) is 0 Å². The van der Waals surface area contributed by atoms with Gasteiger partial charge in [0.1, 0.15) is 0 Å². The molecular formula is C10H18N2O3. The maximum absolute atomic E-state index is 10.9. The van der Waals surface area contributed by atoms with Crippen LogP contribution in [0.1, 0.15) is 13.8 Å². The van der Waals surface area contributed by atoms with Gasteiger partial charge < -0.3 is 10.0 Å². The summed E-state index contributed by atoms with van der Waals surface area (Å²) >= 11 is 0. The van der Waals surface area contributed by atoms with Crippen LogP contribution in [0.15, 0.2) is 0 Å². The lowest BCUT2D eigenvalue weighted by Gasteiger charge is -2.36. The fraction of sp³-hybridized carbons (Fsp3) is 0.800. The first-order valence-electron chi connectivity index (χ1n) is 5.11. The highest BCUT2D eigenvalue weighted by Crippen LogP contribution is 2.17. The van der Waals surface area contributed by atoms with Crippen molar-refractivity contribution < 1.29 is 14.7 Å². The first-order valence-corrected chi connectivity index (χ1v) is 5.11. The van der Waals surface area contributed by atoms with Gasteiger partial charge in [0, 0.05) is 32.7 Å². The van der Waals surface area contributed by atoms with Crippen LogP contribution in [0.5, 0.6) is 0 Å². The fourth-order valence-electron chi connectivity index (χ4n) is 1.65. The molecule has 0 radical (unpaired) electrons. The number of rotatable bonds is 4. The molecule has 1 aliphatic heterocycles. The van der Waals surface area contributed by atoms with Crippen molar-refractivity contribution in [3.8, 4) is 0 Å². The summed E-state index contributed by atoms with van der Waals surface area (Å²) in [4.78, 5) is 25.2. The maximum Gasteiger partial charge on any atom is 0.310 e. The van der Waals surface area contributed by atoms with E-state index in [-0.39, 0.29) is 0 Å². The molecule has 5 nitrogen and oxygen atoms in total. The van der Waals surface area contributed by atoms with Crippen molar-refractivity contribution in [3.63, 3.8) is 0 Å². The Labute approximate surface area is 89.7 Å². The number of amides is 1. The summed E-state index contributed by atoms with van der Waals surface area (Å²) in [5, 5.41) is 8.98. The number of piperazine rings is 1. The van der Waals surface area contributed by atoms with E-state index in [0.717, 1.165) is 19.5 Å². The fourth-order valence-corrected chi connectivity index (χ4v) is 1.65. The van der Waals surface area contributed by atoms with Crippen LogP contribution in [0.2, 0.25) is 0 Å². The van der Waals surface area contributed by atoms with E-state index in [9.17, 15) is 9.59 Å². The van der Waals surface area contributed by atoms with E-state index in [1.165, 1.54) is 0 Å². The van der Waals surface area contributed by atoms with Crippen molar-refractivity contribution in [2.75, 3.05) is 32.7 Å². The second-order valence-corrected chi connectivity index (χ2v) is 4.61. The number of hydrogen-bond acceptors (Lipinski definition) is 3. The monoisotopic (exact) mass is 214 g/mol. The Hall–Kier alpha value is -1.10. The van der Waals surface area contributed by atoms with Crippen molar-refractivity contribution >= 4 is 12.4 Å². The highest BCUT2D eigenvalue weighted by molar-refractivity contribution is 5.73. The average molecular weight is 214 g/mol. The van der Waals surface area contributed by atoms with Crippen LogP contribution in [0, 0.1) is 5.41 Å². The molecule has 1 aliphatic rings. The van der Waals surface area contributed by atoms with E-state index in [2.05, 4.69) is 4.90 Å². The van der Waals surface area contributed by atoms with Gasteiger partial charge in [-0.1, -0.05) is 0 Å². The molecule has 1 fully saturated rings. The summed E-state index contributed by atoms with van der Waals surface area (Å²) in [5.41, 5.74) is -0.719. The van der Waals surface area contributed by atoms with Crippen molar-refractivity contribution in [1.29, 1.82) is 0 Å². The van der Waals surface area contributed by atoms with Gasteiger partial charge in [-0.2, -0.15) is 0 Å². The zero-order chi connectivity index (χ0) is 11.5. The highest BCUT2D eigenvalue weighted by atomic mass is 16.4. The lowest BCUT2D eigenvalue weighted by molar-refractivity contribution is -0.148. The lowest BCUT2D eigenvalue weighted by Crippen LogP contribution is -2.49. The molecule has 15 heavy (non-hydrogen) atoms. The lowest BCUT2D eigenvalue weighted by atomic mass is 9.93. The van der Waals surface area contributed by atoms with Gasteiger partial charge in [-0.15, -0.1) is 0 Å². The number of carboxylic acid groups (broad SMARTS) is 1.